The monoisotopic (exact) mass is 576 g/mol. The van der Waals surface area contributed by atoms with Crippen molar-refractivity contribution in [3.63, 3.8) is 0 Å². The lowest BCUT2D eigenvalue weighted by molar-refractivity contribution is 0.147. The Bertz CT molecular complexity index is 1180. The first kappa shape index (κ1) is 32.6. The van der Waals surface area contributed by atoms with Gasteiger partial charge in [-0.15, -0.1) is 11.8 Å². The Hall–Kier alpha value is -1.27. The van der Waals surface area contributed by atoms with Gasteiger partial charge in [0.1, 0.15) is 0 Å². The molecule has 2 unspecified atom stereocenters. The van der Waals surface area contributed by atoms with Crippen molar-refractivity contribution < 1.29 is 4.65 Å². The zero-order valence-electron chi connectivity index (χ0n) is 28.1. The molecule has 0 amide bonds. The summed E-state index contributed by atoms with van der Waals surface area (Å²) in [5.41, 5.74) is 7.66. The van der Waals surface area contributed by atoms with Gasteiger partial charge in [0.2, 0.25) is 0 Å². The maximum absolute atomic E-state index is 6.28. The first-order valence-corrected chi connectivity index (χ1v) is 17.0. The van der Waals surface area contributed by atoms with E-state index in [1.807, 2.05) is 0 Å². The molecule has 1 fully saturated rings. The van der Waals surface area contributed by atoms with Gasteiger partial charge in [0.25, 0.3) is 0 Å². The summed E-state index contributed by atoms with van der Waals surface area (Å²) in [5.74, 6) is 0.561. The van der Waals surface area contributed by atoms with E-state index < -0.39 is 0 Å². The van der Waals surface area contributed by atoms with Crippen molar-refractivity contribution in [3.05, 3.63) is 47.5 Å². The second-order valence-corrected chi connectivity index (χ2v) is 16.5. The van der Waals surface area contributed by atoms with Crippen LogP contribution >= 0.6 is 11.8 Å². The standard InChI is InChI=1S/C36H57BN2OS/c1-12-19-34(4,5)35(6,7)41-29-16-18-31-30-17-15-28(37-26(2)27(3)40-37)24-32(30)36(33(31)25-29,20-13-22-38(8)9)21-14-23-39(10)11/h15-18,24-27H,12-14,19-23H2,1-11H3. The molecule has 4 rings (SSSR count). The van der Waals surface area contributed by atoms with Crippen LogP contribution in [0.2, 0.25) is 5.82 Å². The fourth-order valence-electron chi connectivity index (χ4n) is 7.17. The summed E-state index contributed by atoms with van der Waals surface area (Å²) in [7, 11) is 8.83. The van der Waals surface area contributed by atoms with E-state index in [1.54, 1.807) is 11.1 Å². The van der Waals surface area contributed by atoms with E-state index in [2.05, 4.69) is 135 Å². The molecule has 1 saturated heterocycles. The maximum Gasteiger partial charge on any atom is 0.332 e. The fourth-order valence-corrected chi connectivity index (χ4v) is 8.45. The van der Waals surface area contributed by atoms with Gasteiger partial charge in [-0.2, -0.15) is 0 Å². The molecule has 0 radical (unpaired) electrons. The van der Waals surface area contributed by atoms with E-state index in [-0.39, 0.29) is 22.5 Å². The minimum Gasteiger partial charge on any atom is -0.428 e. The molecular formula is C36H57BN2OS. The molecule has 2 aliphatic rings. The third-order valence-electron chi connectivity index (χ3n) is 10.6. The molecule has 0 saturated carbocycles. The van der Waals surface area contributed by atoms with Gasteiger partial charge in [0.15, 0.2) is 0 Å². The molecule has 0 spiro atoms. The number of fused-ring (bicyclic) bond motifs is 3. The van der Waals surface area contributed by atoms with E-state index in [0.29, 0.717) is 11.9 Å². The molecule has 0 N–H and O–H groups in total. The first-order chi connectivity index (χ1) is 19.2. The molecule has 226 valence electrons. The quantitative estimate of drug-likeness (QED) is 0.166. The molecule has 1 aliphatic carbocycles. The van der Waals surface area contributed by atoms with Crippen molar-refractivity contribution in [1.29, 1.82) is 0 Å². The van der Waals surface area contributed by atoms with Crippen LogP contribution in [0.25, 0.3) is 11.1 Å². The van der Waals surface area contributed by atoms with Crippen molar-refractivity contribution in [2.45, 2.75) is 114 Å². The predicted octanol–water partition coefficient (Wildman–Crippen LogP) is 8.34. The van der Waals surface area contributed by atoms with Gasteiger partial charge in [-0.05, 0) is 145 Å². The largest absolute Gasteiger partial charge is 0.428 e. The van der Waals surface area contributed by atoms with Crippen molar-refractivity contribution in [3.8, 4) is 11.1 Å². The minimum absolute atomic E-state index is 0.0327. The number of benzene rings is 2. The average molecular weight is 577 g/mol. The molecule has 41 heavy (non-hydrogen) atoms. The molecule has 0 bridgehead atoms. The molecular weight excluding hydrogens is 519 g/mol. The Morgan fingerprint density at radius 3 is 1.93 bits per heavy atom. The van der Waals surface area contributed by atoms with Crippen LogP contribution in [0.3, 0.4) is 0 Å². The fraction of sp³-hybridized carbons (Fsp3) is 0.667. The summed E-state index contributed by atoms with van der Waals surface area (Å²) in [5, 5.41) is 0. The summed E-state index contributed by atoms with van der Waals surface area (Å²) >= 11 is 2.08. The van der Waals surface area contributed by atoms with Gasteiger partial charge in [0, 0.05) is 21.2 Å². The Balaban J connectivity index is 1.81. The van der Waals surface area contributed by atoms with Gasteiger partial charge in [-0.3, -0.25) is 0 Å². The number of rotatable bonds is 14. The molecule has 1 aliphatic heterocycles. The van der Waals surface area contributed by atoms with Crippen LogP contribution in [0, 0.1) is 5.41 Å². The Morgan fingerprint density at radius 1 is 0.854 bits per heavy atom. The lowest BCUT2D eigenvalue weighted by Crippen LogP contribution is -2.53. The zero-order valence-corrected chi connectivity index (χ0v) is 28.9. The second kappa shape index (κ2) is 12.8. The summed E-state index contributed by atoms with van der Waals surface area (Å²) in [6.45, 7) is 19.1. The summed E-state index contributed by atoms with van der Waals surface area (Å²) < 4.78 is 6.42. The molecule has 2 atom stereocenters. The molecule has 1 heterocycles. The van der Waals surface area contributed by atoms with Gasteiger partial charge < -0.3 is 14.5 Å². The highest BCUT2D eigenvalue weighted by atomic mass is 32.2. The SMILES string of the molecule is CCCC(C)(C)C(C)(C)Sc1ccc2c(c1)C(CCCN(C)C)(CCCN(C)C)c1cc(B3OC(C)C3C)ccc1-2. The van der Waals surface area contributed by atoms with Crippen LogP contribution in [-0.2, 0) is 10.1 Å². The molecule has 2 aromatic carbocycles. The highest BCUT2D eigenvalue weighted by Crippen LogP contribution is 2.56. The molecule has 2 aromatic rings. The summed E-state index contributed by atoms with van der Waals surface area (Å²) in [6, 6.07) is 14.8. The Labute approximate surface area is 257 Å². The minimum atomic E-state index is 0.0327. The van der Waals surface area contributed by atoms with Gasteiger partial charge in [-0.1, -0.05) is 58.4 Å². The highest BCUT2D eigenvalue weighted by Gasteiger charge is 2.46. The predicted molar refractivity (Wildman–Crippen MR) is 182 cm³/mol. The number of thioether (sulfide) groups is 1. The summed E-state index contributed by atoms with van der Waals surface area (Å²) in [6.07, 6.45) is 7.55. The van der Waals surface area contributed by atoms with Gasteiger partial charge in [0.05, 0.1) is 0 Å². The van der Waals surface area contributed by atoms with E-state index >= 15 is 0 Å². The normalized spacial score (nSPS) is 20.0. The Morgan fingerprint density at radius 2 is 1.41 bits per heavy atom. The van der Waals surface area contributed by atoms with Crippen LogP contribution in [0.15, 0.2) is 41.3 Å². The zero-order chi connectivity index (χ0) is 30.2. The average Bonchev–Trinajstić information content (AvgIpc) is 3.14. The van der Waals surface area contributed by atoms with E-state index in [1.165, 1.54) is 60.0 Å². The third-order valence-corrected chi connectivity index (χ3v) is 12.1. The van der Waals surface area contributed by atoms with Crippen LogP contribution in [0.4, 0.5) is 0 Å². The van der Waals surface area contributed by atoms with E-state index in [9.17, 15) is 0 Å². The lowest BCUT2D eigenvalue weighted by Gasteiger charge is -2.41. The molecule has 3 nitrogen and oxygen atoms in total. The highest BCUT2D eigenvalue weighted by molar-refractivity contribution is 8.00. The van der Waals surface area contributed by atoms with Crippen LogP contribution in [0.5, 0.6) is 0 Å². The third kappa shape index (κ3) is 6.64. The molecule has 5 heteroatoms. The summed E-state index contributed by atoms with van der Waals surface area (Å²) in [4.78, 5) is 6.10. The maximum atomic E-state index is 6.28. The van der Waals surface area contributed by atoms with Crippen molar-refractivity contribution in [1.82, 2.24) is 9.80 Å². The van der Waals surface area contributed by atoms with Crippen molar-refractivity contribution in [2.24, 2.45) is 5.41 Å². The number of nitrogens with zero attached hydrogens (tertiary/aromatic N) is 2. The Kier molecular flexibility index (Phi) is 10.2. The number of hydrogen-bond acceptors (Lipinski definition) is 4. The molecule has 0 aromatic heterocycles. The smallest absolute Gasteiger partial charge is 0.332 e. The van der Waals surface area contributed by atoms with Gasteiger partial charge >= 0.3 is 6.92 Å². The number of hydrogen-bond donors (Lipinski definition) is 0. The lowest BCUT2D eigenvalue weighted by atomic mass is 9.45. The van der Waals surface area contributed by atoms with Crippen LogP contribution in [0.1, 0.15) is 98.1 Å². The first-order valence-electron chi connectivity index (χ1n) is 16.2. The van der Waals surface area contributed by atoms with Crippen LogP contribution in [-0.4, -0.2) is 68.8 Å². The van der Waals surface area contributed by atoms with Crippen LogP contribution < -0.4 is 5.46 Å². The second-order valence-electron chi connectivity index (χ2n) is 14.8. The van der Waals surface area contributed by atoms with Gasteiger partial charge in [-0.25, -0.2) is 0 Å². The van der Waals surface area contributed by atoms with E-state index in [4.69, 9.17) is 4.65 Å². The van der Waals surface area contributed by atoms with Crippen molar-refractivity contribution in [2.75, 3.05) is 41.3 Å². The van der Waals surface area contributed by atoms with E-state index in [0.717, 1.165) is 13.1 Å². The topological polar surface area (TPSA) is 15.7 Å². The van der Waals surface area contributed by atoms with Crippen molar-refractivity contribution >= 4 is 24.1 Å².